The first kappa shape index (κ1) is 22.9. The molecule has 2 atom stereocenters. The Kier molecular flexibility index (Phi) is 5.99. The van der Waals surface area contributed by atoms with Gasteiger partial charge in [0.05, 0.1) is 6.54 Å². The van der Waals surface area contributed by atoms with E-state index in [4.69, 9.17) is 0 Å². The highest BCUT2D eigenvalue weighted by atomic mass is 19.3. The molecule has 0 radical (unpaired) electrons. The summed E-state index contributed by atoms with van der Waals surface area (Å²) in [5.74, 6) is -0.602. The maximum Gasteiger partial charge on any atom is 0.387 e. The number of hydrogen-bond acceptors (Lipinski definition) is 4. The van der Waals surface area contributed by atoms with Crippen molar-refractivity contribution in [2.45, 2.75) is 58.6 Å². The normalized spacial score (nSPS) is 22.8. The molecule has 2 aliphatic rings. The summed E-state index contributed by atoms with van der Waals surface area (Å²) in [4.78, 5) is 40.0. The summed E-state index contributed by atoms with van der Waals surface area (Å²) in [5, 5.41) is 2.87. The van der Waals surface area contributed by atoms with Gasteiger partial charge in [-0.1, -0.05) is 19.8 Å². The number of ketones is 1. The van der Waals surface area contributed by atoms with E-state index in [1.807, 2.05) is 18.4 Å². The number of benzene rings is 1. The van der Waals surface area contributed by atoms with E-state index >= 15 is 0 Å². The predicted octanol–water partition coefficient (Wildman–Crippen LogP) is 4.38. The number of aromatic nitrogens is 1. The summed E-state index contributed by atoms with van der Waals surface area (Å²) >= 11 is 0. The lowest BCUT2D eigenvalue weighted by Gasteiger charge is -2.36. The Balaban J connectivity index is 1.55. The Morgan fingerprint density at radius 1 is 1.21 bits per heavy atom. The number of amides is 3. The van der Waals surface area contributed by atoms with Gasteiger partial charge in [0.2, 0.25) is 0 Å². The number of nitrogens with one attached hydrogen (secondary N) is 1. The van der Waals surface area contributed by atoms with Gasteiger partial charge in [-0.05, 0) is 62.9 Å². The van der Waals surface area contributed by atoms with Crippen molar-refractivity contribution in [3.63, 3.8) is 0 Å². The quantitative estimate of drug-likeness (QED) is 0.514. The van der Waals surface area contributed by atoms with E-state index < -0.39 is 18.2 Å². The van der Waals surface area contributed by atoms with Crippen LogP contribution in [-0.2, 0) is 4.79 Å². The summed E-state index contributed by atoms with van der Waals surface area (Å²) in [6.07, 6.45) is 3.33. The van der Waals surface area contributed by atoms with Gasteiger partial charge in [0.25, 0.3) is 5.91 Å². The number of alkyl halides is 2. The number of urea groups is 1. The Labute approximate surface area is 190 Å². The molecule has 2 fully saturated rings. The average Bonchev–Trinajstić information content (AvgIpc) is 3.19. The fourth-order valence-corrected chi connectivity index (χ4v) is 5.09. The molecule has 2 aromatic rings. The lowest BCUT2D eigenvalue weighted by molar-refractivity contribution is -0.133. The number of carbonyl (C=O) groups is 3. The van der Waals surface area contributed by atoms with Crippen LogP contribution in [0.4, 0.5) is 13.6 Å². The van der Waals surface area contributed by atoms with Crippen molar-refractivity contribution in [2.24, 2.45) is 5.92 Å². The van der Waals surface area contributed by atoms with E-state index in [-0.39, 0.29) is 29.9 Å². The van der Waals surface area contributed by atoms with Crippen molar-refractivity contribution >= 4 is 17.7 Å². The Morgan fingerprint density at radius 3 is 2.55 bits per heavy atom. The third kappa shape index (κ3) is 4.00. The maximum absolute atomic E-state index is 13.2. The molecule has 2 heterocycles. The molecule has 1 saturated carbocycles. The zero-order valence-corrected chi connectivity index (χ0v) is 18.9. The topological polar surface area (TPSA) is 80.6 Å². The van der Waals surface area contributed by atoms with Gasteiger partial charge in [-0.15, -0.1) is 0 Å². The van der Waals surface area contributed by atoms with Gasteiger partial charge in [-0.3, -0.25) is 14.5 Å². The SMILES string of the molecule is Cc1cc(C(=O)CN2C(=O)N[C@]3(CCCC[C@@H]3C)C2=O)c(C)n1-c1ccc(OC(F)F)cc1. The van der Waals surface area contributed by atoms with E-state index in [9.17, 15) is 23.2 Å². The highest BCUT2D eigenvalue weighted by Crippen LogP contribution is 2.38. The summed E-state index contributed by atoms with van der Waals surface area (Å²) < 4.78 is 31.0. The first-order valence-corrected chi connectivity index (χ1v) is 11.1. The second-order valence-electron chi connectivity index (χ2n) is 8.86. The van der Waals surface area contributed by atoms with Crippen LogP contribution >= 0.6 is 0 Å². The molecule has 1 aliphatic carbocycles. The molecule has 7 nitrogen and oxygen atoms in total. The van der Waals surface area contributed by atoms with Crippen LogP contribution in [0, 0.1) is 19.8 Å². The highest BCUT2D eigenvalue weighted by molar-refractivity contribution is 6.11. The van der Waals surface area contributed by atoms with Crippen molar-refractivity contribution in [3.05, 3.63) is 47.3 Å². The van der Waals surface area contributed by atoms with Crippen LogP contribution < -0.4 is 10.1 Å². The number of rotatable bonds is 6. The fourth-order valence-electron chi connectivity index (χ4n) is 5.09. The third-order valence-electron chi connectivity index (χ3n) is 6.85. The summed E-state index contributed by atoms with van der Waals surface area (Å²) in [5.41, 5.74) is 1.56. The van der Waals surface area contributed by atoms with Crippen LogP contribution in [0.3, 0.4) is 0 Å². The number of nitrogens with zero attached hydrogens (tertiary/aromatic N) is 2. The molecule has 33 heavy (non-hydrogen) atoms. The summed E-state index contributed by atoms with van der Waals surface area (Å²) in [6.45, 7) is 2.31. The molecular formula is C24H27F2N3O4. The van der Waals surface area contributed by atoms with E-state index in [2.05, 4.69) is 10.1 Å². The second kappa shape index (κ2) is 8.61. The predicted molar refractivity (Wildman–Crippen MR) is 117 cm³/mol. The second-order valence-corrected chi connectivity index (χ2v) is 8.86. The third-order valence-corrected chi connectivity index (χ3v) is 6.85. The number of aryl methyl sites for hydroxylation is 1. The number of Topliss-reactive ketones (excluding diaryl/α,β-unsaturated/α-hetero) is 1. The first-order valence-electron chi connectivity index (χ1n) is 11.1. The van der Waals surface area contributed by atoms with E-state index in [0.717, 1.165) is 29.9 Å². The molecule has 3 amide bonds. The molecule has 9 heteroatoms. The Bertz CT molecular complexity index is 1100. The van der Waals surface area contributed by atoms with Crippen molar-refractivity contribution in [1.29, 1.82) is 0 Å². The largest absolute Gasteiger partial charge is 0.435 e. The van der Waals surface area contributed by atoms with Crippen LogP contribution in [0.25, 0.3) is 5.69 Å². The molecule has 0 bridgehead atoms. The van der Waals surface area contributed by atoms with Crippen LogP contribution in [0.2, 0.25) is 0 Å². The fraction of sp³-hybridized carbons (Fsp3) is 0.458. The van der Waals surface area contributed by atoms with Gasteiger partial charge < -0.3 is 14.6 Å². The maximum atomic E-state index is 13.2. The van der Waals surface area contributed by atoms with Crippen LogP contribution in [0.1, 0.15) is 54.4 Å². The molecule has 4 rings (SSSR count). The minimum Gasteiger partial charge on any atom is -0.435 e. The monoisotopic (exact) mass is 459 g/mol. The van der Waals surface area contributed by atoms with Gasteiger partial charge in [-0.2, -0.15) is 8.78 Å². The molecule has 1 spiro atoms. The number of halogens is 2. The van der Waals surface area contributed by atoms with Gasteiger partial charge in [0, 0.05) is 22.6 Å². The van der Waals surface area contributed by atoms with Gasteiger partial charge in [-0.25, -0.2) is 4.79 Å². The van der Waals surface area contributed by atoms with E-state index in [1.54, 1.807) is 25.1 Å². The van der Waals surface area contributed by atoms with Gasteiger partial charge >= 0.3 is 12.6 Å². The molecule has 0 unspecified atom stereocenters. The molecule has 1 aliphatic heterocycles. The van der Waals surface area contributed by atoms with Gasteiger partial charge in [0.15, 0.2) is 5.78 Å². The molecule has 1 saturated heterocycles. The lowest BCUT2D eigenvalue weighted by Crippen LogP contribution is -2.54. The Morgan fingerprint density at radius 2 is 1.91 bits per heavy atom. The molecule has 1 N–H and O–H groups in total. The first-order chi connectivity index (χ1) is 15.6. The van der Waals surface area contributed by atoms with Crippen molar-refractivity contribution in [3.8, 4) is 11.4 Å². The zero-order valence-electron chi connectivity index (χ0n) is 18.9. The lowest BCUT2D eigenvalue weighted by atomic mass is 9.73. The number of carbonyl (C=O) groups excluding carboxylic acids is 3. The van der Waals surface area contributed by atoms with E-state index in [1.165, 1.54) is 12.1 Å². The standard InChI is InChI=1S/C24H27F2N3O4/c1-14-6-4-5-11-24(14)21(31)28(23(32)27-24)13-20(30)19-12-15(2)29(16(19)3)17-7-9-18(10-8-17)33-22(25)26/h7-10,12,14,22H,4-6,11,13H2,1-3H3,(H,27,32)/t14-,24-/m0/s1. The minimum absolute atomic E-state index is 0.0184. The van der Waals surface area contributed by atoms with E-state index in [0.29, 0.717) is 23.4 Å². The highest BCUT2D eigenvalue weighted by Gasteiger charge is 2.55. The molecule has 176 valence electrons. The zero-order chi connectivity index (χ0) is 23.9. The molecule has 1 aromatic carbocycles. The number of hydrogen-bond donors (Lipinski definition) is 1. The smallest absolute Gasteiger partial charge is 0.387 e. The number of imide groups is 1. The molecular weight excluding hydrogens is 432 g/mol. The van der Waals surface area contributed by atoms with Gasteiger partial charge in [0.1, 0.15) is 11.3 Å². The van der Waals surface area contributed by atoms with Crippen molar-refractivity contribution < 1.29 is 27.9 Å². The Hall–Kier alpha value is -3.23. The van der Waals surface area contributed by atoms with Crippen LogP contribution in [0.15, 0.2) is 30.3 Å². The average molecular weight is 459 g/mol. The summed E-state index contributed by atoms with van der Waals surface area (Å²) in [7, 11) is 0. The molecule has 1 aromatic heterocycles. The van der Waals surface area contributed by atoms with Crippen molar-refractivity contribution in [2.75, 3.05) is 6.54 Å². The van der Waals surface area contributed by atoms with Crippen LogP contribution in [0.5, 0.6) is 5.75 Å². The summed E-state index contributed by atoms with van der Waals surface area (Å²) in [6, 6.07) is 7.29. The van der Waals surface area contributed by atoms with Crippen LogP contribution in [-0.4, -0.2) is 45.9 Å². The van der Waals surface area contributed by atoms with Crippen molar-refractivity contribution in [1.82, 2.24) is 14.8 Å². The minimum atomic E-state index is -2.91. The number of ether oxygens (including phenoxy) is 1.